The molecule has 0 heterocycles. The lowest BCUT2D eigenvalue weighted by atomic mass is 10.1. The predicted molar refractivity (Wildman–Crippen MR) is 103 cm³/mol. The molecule has 27 heavy (non-hydrogen) atoms. The fourth-order valence-corrected chi connectivity index (χ4v) is 2.44. The smallest absolute Gasteiger partial charge is 0.325 e. The van der Waals surface area contributed by atoms with Gasteiger partial charge in [-0.1, -0.05) is 47.5 Å². The largest absolute Gasteiger partial charge is 0.454 e. The lowest BCUT2D eigenvalue weighted by Gasteiger charge is -2.09. The van der Waals surface area contributed by atoms with Crippen LogP contribution in [0.15, 0.2) is 42.5 Å². The molecule has 142 valence electrons. The minimum Gasteiger partial charge on any atom is -0.454 e. The molecule has 0 unspecified atom stereocenters. The van der Waals surface area contributed by atoms with Gasteiger partial charge in [-0.2, -0.15) is 0 Å². The maximum Gasteiger partial charge on any atom is 0.325 e. The number of esters is 1. The van der Waals surface area contributed by atoms with E-state index in [-0.39, 0.29) is 17.1 Å². The summed E-state index contributed by atoms with van der Waals surface area (Å²) in [7, 11) is 0. The highest BCUT2D eigenvalue weighted by Gasteiger charge is 2.12. The number of aryl methyl sites for hydroxylation is 1. The molecule has 0 aromatic heterocycles. The van der Waals surface area contributed by atoms with E-state index in [2.05, 4.69) is 10.6 Å². The summed E-state index contributed by atoms with van der Waals surface area (Å²) in [5, 5.41) is 5.61. The molecule has 0 aliphatic carbocycles. The van der Waals surface area contributed by atoms with Gasteiger partial charge in [-0.3, -0.25) is 14.4 Å². The zero-order valence-electron chi connectivity index (χ0n) is 14.6. The molecule has 0 aliphatic heterocycles. The summed E-state index contributed by atoms with van der Waals surface area (Å²) in [6.07, 6.45) is 0. The maximum absolute atomic E-state index is 11.9. The average molecular weight is 409 g/mol. The molecule has 0 spiro atoms. The summed E-state index contributed by atoms with van der Waals surface area (Å²) in [5.41, 5.74) is 2.29. The van der Waals surface area contributed by atoms with Crippen LogP contribution < -0.4 is 10.6 Å². The molecule has 0 saturated heterocycles. The highest BCUT2D eigenvalue weighted by Crippen LogP contribution is 2.22. The van der Waals surface area contributed by atoms with Gasteiger partial charge in [-0.15, -0.1) is 0 Å². The van der Waals surface area contributed by atoms with Gasteiger partial charge in [0.15, 0.2) is 6.61 Å². The number of carbonyl (C=O) groups is 3. The number of rotatable bonds is 7. The fraction of sp³-hybridized carbons (Fsp3) is 0.211. The standard InChI is InChI=1S/C19H18Cl2N2O4/c1-12-4-2-3-5-14(12)9-22-17(24)11-27-18(25)10-23-19(26)13-6-7-15(20)16(21)8-13/h2-8H,9-11H2,1H3,(H,22,24)(H,23,26). The minimum atomic E-state index is -0.727. The SMILES string of the molecule is Cc1ccccc1CNC(=O)COC(=O)CNC(=O)c1ccc(Cl)c(Cl)c1. The van der Waals surface area contributed by atoms with Crippen LogP contribution in [0.2, 0.25) is 10.0 Å². The lowest BCUT2D eigenvalue weighted by Crippen LogP contribution is -2.33. The molecule has 2 aromatic rings. The van der Waals surface area contributed by atoms with E-state index in [1.165, 1.54) is 18.2 Å². The van der Waals surface area contributed by atoms with Crippen LogP contribution in [-0.4, -0.2) is 30.9 Å². The van der Waals surface area contributed by atoms with E-state index in [9.17, 15) is 14.4 Å². The number of benzene rings is 2. The minimum absolute atomic E-state index is 0.234. The average Bonchev–Trinajstić information content (AvgIpc) is 2.65. The third kappa shape index (κ3) is 6.58. The normalized spacial score (nSPS) is 10.2. The fourth-order valence-electron chi connectivity index (χ4n) is 2.14. The Balaban J connectivity index is 1.71. The molecule has 0 bridgehead atoms. The number of amides is 2. The monoisotopic (exact) mass is 408 g/mol. The Kier molecular flexibility index (Phi) is 7.64. The van der Waals surface area contributed by atoms with Gasteiger partial charge in [-0.05, 0) is 36.2 Å². The summed E-state index contributed by atoms with van der Waals surface area (Å²) in [6.45, 7) is 1.49. The van der Waals surface area contributed by atoms with Gasteiger partial charge in [0.2, 0.25) is 0 Å². The molecule has 8 heteroatoms. The van der Waals surface area contributed by atoms with Crippen LogP contribution in [0.1, 0.15) is 21.5 Å². The molecular formula is C19H18Cl2N2O4. The molecule has 0 fully saturated rings. The third-order valence-electron chi connectivity index (χ3n) is 3.68. The van der Waals surface area contributed by atoms with E-state index in [0.717, 1.165) is 11.1 Å². The highest BCUT2D eigenvalue weighted by atomic mass is 35.5. The molecule has 0 radical (unpaired) electrons. The van der Waals surface area contributed by atoms with Crippen LogP contribution in [0.25, 0.3) is 0 Å². The van der Waals surface area contributed by atoms with Crippen molar-refractivity contribution in [2.24, 2.45) is 0 Å². The third-order valence-corrected chi connectivity index (χ3v) is 4.42. The Hall–Kier alpha value is -2.57. The first-order chi connectivity index (χ1) is 12.9. The molecule has 2 rings (SSSR count). The van der Waals surface area contributed by atoms with Crippen molar-refractivity contribution >= 4 is 41.0 Å². The van der Waals surface area contributed by atoms with Crippen LogP contribution in [0, 0.1) is 6.92 Å². The van der Waals surface area contributed by atoms with Crippen molar-refractivity contribution in [3.63, 3.8) is 0 Å². The number of halogens is 2. The summed E-state index contributed by atoms with van der Waals surface area (Å²) in [4.78, 5) is 35.4. The van der Waals surface area contributed by atoms with E-state index >= 15 is 0 Å². The van der Waals surface area contributed by atoms with Gasteiger partial charge in [0.25, 0.3) is 11.8 Å². The zero-order valence-corrected chi connectivity index (χ0v) is 16.1. The van der Waals surface area contributed by atoms with Crippen LogP contribution in [-0.2, 0) is 20.9 Å². The Morgan fingerprint density at radius 2 is 1.74 bits per heavy atom. The number of hydrogen-bond donors (Lipinski definition) is 2. The van der Waals surface area contributed by atoms with E-state index in [0.29, 0.717) is 11.6 Å². The number of carbonyl (C=O) groups excluding carboxylic acids is 3. The van der Waals surface area contributed by atoms with Gasteiger partial charge in [0.05, 0.1) is 10.0 Å². The second kappa shape index (κ2) is 9.94. The van der Waals surface area contributed by atoms with Crippen LogP contribution in [0.5, 0.6) is 0 Å². The Morgan fingerprint density at radius 1 is 1.00 bits per heavy atom. The van der Waals surface area contributed by atoms with Gasteiger partial charge >= 0.3 is 5.97 Å². The predicted octanol–water partition coefficient (Wildman–Crippen LogP) is 2.89. The van der Waals surface area contributed by atoms with Crippen LogP contribution in [0.3, 0.4) is 0 Å². The van der Waals surface area contributed by atoms with Gasteiger partial charge < -0.3 is 15.4 Å². The van der Waals surface area contributed by atoms with Crippen LogP contribution in [0.4, 0.5) is 0 Å². The topological polar surface area (TPSA) is 84.5 Å². The van der Waals surface area contributed by atoms with Crippen molar-refractivity contribution in [1.29, 1.82) is 0 Å². The molecule has 0 saturated carbocycles. The molecule has 0 atom stereocenters. The molecule has 0 aliphatic rings. The summed E-state index contributed by atoms with van der Waals surface area (Å²) in [5.74, 6) is -1.66. The molecule has 6 nitrogen and oxygen atoms in total. The molecule has 2 amide bonds. The Morgan fingerprint density at radius 3 is 2.44 bits per heavy atom. The number of hydrogen-bond acceptors (Lipinski definition) is 4. The van der Waals surface area contributed by atoms with Crippen molar-refractivity contribution in [1.82, 2.24) is 10.6 Å². The summed E-state index contributed by atoms with van der Waals surface area (Å²) >= 11 is 11.6. The van der Waals surface area contributed by atoms with Crippen molar-refractivity contribution in [2.75, 3.05) is 13.2 Å². The zero-order chi connectivity index (χ0) is 19.8. The second-order valence-electron chi connectivity index (χ2n) is 5.68. The second-order valence-corrected chi connectivity index (χ2v) is 6.49. The first-order valence-corrected chi connectivity index (χ1v) is 8.82. The highest BCUT2D eigenvalue weighted by molar-refractivity contribution is 6.42. The molecular weight excluding hydrogens is 391 g/mol. The van der Waals surface area contributed by atoms with Crippen molar-refractivity contribution in [3.05, 3.63) is 69.2 Å². The summed E-state index contributed by atoms with van der Waals surface area (Å²) in [6, 6.07) is 12.0. The maximum atomic E-state index is 11.9. The van der Waals surface area contributed by atoms with Crippen molar-refractivity contribution < 1.29 is 19.1 Å². The van der Waals surface area contributed by atoms with Crippen molar-refractivity contribution in [3.8, 4) is 0 Å². The Bertz CT molecular complexity index is 855. The van der Waals surface area contributed by atoms with Crippen molar-refractivity contribution in [2.45, 2.75) is 13.5 Å². The quantitative estimate of drug-likeness (QED) is 0.689. The van der Waals surface area contributed by atoms with Gasteiger partial charge in [-0.25, -0.2) is 0 Å². The van der Waals surface area contributed by atoms with E-state index in [1.807, 2.05) is 31.2 Å². The number of nitrogens with one attached hydrogen (secondary N) is 2. The summed E-state index contributed by atoms with van der Waals surface area (Å²) < 4.78 is 4.84. The first kappa shape index (κ1) is 20.7. The lowest BCUT2D eigenvalue weighted by molar-refractivity contribution is -0.147. The number of ether oxygens (including phenoxy) is 1. The first-order valence-electron chi connectivity index (χ1n) is 8.07. The van der Waals surface area contributed by atoms with Gasteiger partial charge in [0.1, 0.15) is 6.54 Å². The van der Waals surface area contributed by atoms with Crippen LogP contribution >= 0.6 is 23.2 Å². The molecule has 2 N–H and O–H groups in total. The van der Waals surface area contributed by atoms with E-state index in [1.54, 1.807) is 0 Å². The van der Waals surface area contributed by atoms with E-state index in [4.69, 9.17) is 27.9 Å². The van der Waals surface area contributed by atoms with Gasteiger partial charge in [0, 0.05) is 12.1 Å². The molecule has 2 aromatic carbocycles. The Labute approximate surface area is 166 Å². The van der Waals surface area contributed by atoms with E-state index < -0.39 is 24.4 Å².